The van der Waals surface area contributed by atoms with Crippen LogP contribution in [0.4, 0.5) is 14.9 Å². The molecule has 0 radical (unpaired) electrons. The fourth-order valence-corrected chi connectivity index (χ4v) is 4.72. The summed E-state index contributed by atoms with van der Waals surface area (Å²) in [7, 11) is -3.89. The second-order valence-electron chi connectivity index (χ2n) is 8.85. The van der Waals surface area contributed by atoms with Crippen LogP contribution in [0.1, 0.15) is 26.3 Å². The smallest absolute Gasteiger partial charge is 0.449 e. The van der Waals surface area contributed by atoms with Gasteiger partial charge in [0, 0.05) is 16.6 Å². The number of halogens is 1. The van der Waals surface area contributed by atoms with Crippen LogP contribution >= 0.6 is 0 Å². The third-order valence-electron chi connectivity index (χ3n) is 5.35. The molecule has 0 aliphatic heterocycles. The quantitative estimate of drug-likeness (QED) is 0.297. The zero-order valence-electron chi connectivity index (χ0n) is 18.7. The minimum atomic E-state index is -3.89. The number of nitrogens with one attached hydrogen (secondary N) is 2. The van der Waals surface area contributed by atoms with Crippen LogP contribution in [-0.4, -0.2) is 24.7 Å². The topological polar surface area (TPSA) is 108 Å². The van der Waals surface area contributed by atoms with Gasteiger partial charge in [-0.25, -0.2) is 17.6 Å². The molecule has 4 rings (SSSR count). The van der Waals surface area contributed by atoms with Gasteiger partial charge in [0.25, 0.3) is 10.0 Å². The fraction of sp³-hybridized carbons (Fsp3) is 0.160. The Hall–Kier alpha value is -3.85. The van der Waals surface area contributed by atoms with Crippen molar-refractivity contribution in [3.63, 3.8) is 0 Å². The van der Waals surface area contributed by atoms with Crippen molar-refractivity contribution in [2.45, 2.75) is 31.1 Å². The lowest BCUT2D eigenvalue weighted by Gasteiger charge is -2.19. The van der Waals surface area contributed by atoms with E-state index in [1.807, 2.05) is 20.8 Å². The number of ether oxygens (including phenoxy) is 1. The minimum Gasteiger partial charge on any atom is -0.449 e. The van der Waals surface area contributed by atoms with Crippen molar-refractivity contribution in [3.05, 3.63) is 78.1 Å². The van der Waals surface area contributed by atoms with Gasteiger partial charge in [0.2, 0.25) is 5.88 Å². The van der Waals surface area contributed by atoms with Crippen LogP contribution in [0, 0.1) is 5.82 Å². The summed E-state index contributed by atoms with van der Waals surface area (Å²) in [5, 5.41) is 9.58. The lowest BCUT2D eigenvalue weighted by atomic mass is 9.87. The molecule has 0 bridgehead atoms. The standard InChI is InChI=1S/C25H23FN2O5S/c1-25(2,3)16-7-10-19(11-8-16)34(31,32)28-18-9-12-21-20(14-18)22(23(27-21)33-24(29)30)15-5-4-6-17(26)13-15/h4-14,27-28H,1-3H3,(H,29,30). The van der Waals surface area contributed by atoms with Crippen molar-refractivity contribution in [1.82, 2.24) is 4.98 Å². The zero-order chi connectivity index (χ0) is 24.7. The number of carbonyl (C=O) groups is 1. The highest BCUT2D eigenvalue weighted by Gasteiger charge is 2.21. The fourth-order valence-electron chi connectivity index (χ4n) is 3.67. The molecule has 9 heteroatoms. The Bertz CT molecular complexity index is 1490. The number of rotatable bonds is 5. The van der Waals surface area contributed by atoms with E-state index in [0.717, 1.165) is 5.56 Å². The van der Waals surface area contributed by atoms with Crippen LogP contribution in [-0.2, 0) is 15.4 Å². The number of aromatic amines is 1. The van der Waals surface area contributed by atoms with E-state index in [1.165, 1.54) is 18.2 Å². The molecule has 0 fully saturated rings. The molecule has 0 saturated heterocycles. The highest BCUT2D eigenvalue weighted by molar-refractivity contribution is 7.92. The maximum absolute atomic E-state index is 13.9. The second-order valence-corrected chi connectivity index (χ2v) is 10.5. The number of hydrogen-bond donors (Lipinski definition) is 3. The van der Waals surface area contributed by atoms with Gasteiger partial charge in [-0.2, -0.15) is 0 Å². The predicted molar refractivity (Wildman–Crippen MR) is 128 cm³/mol. The molecule has 7 nitrogen and oxygen atoms in total. The van der Waals surface area contributed by atoms with Gasteiger partial charge in [-0.1, -0.05) is 45.0 Å². The van der Waals surface area contributed by atoms with Gasteiger partial charge >= 0.3 is 6.16 Å². The van der Waals surface area contributed by atoms with Crippen LogP contribution in [0.5, 0.6) is 5.88 Å². The van der Waals surface area contributed by atoms with E-state index < -0.39 is 22.0 Å². The van der Waals surface area contributed by atoms with Crippen molar-refractivity contribution >= 4 is 32.8 Å². The monoisotopic (exact) mass is 482 g/mol. The molecule has 0 amide bonds. The molecule has 4 aromatic rings. The van der Waals surface area contributed by atoms with E-state index >= 15 is 0 Å². The number of sulfonamides is 1. The first-order valence-electron chi connectivity index (χ1n) is 10.4. The second kappa shape index (κ2) is 8.49. The number of aromatic nitrogens is 1. The minimum absolute atomic E-state index is 0.0918. The molecule has 1 heterocycles. The molecule has 0 aliphatic rings. The summed E-state index contributed by atoms with van der Waals surface area (Å²) in [6.07, 6.45) is -1.54. The summed E-state index contributed by atoms with van der Waals surface area (Å²) in [5.41, 5.74) is 2.32. The Morgan fingerprint density at radius 3 is 2.35 bits per heavy atom. The van der Waals surface area contributed by atoms with E-state index in [4.69, 9.17) is 9.84 Å². The molecule has 0 atom stereocenters. The number of fused-ring (bicyclic) bond motifs is 1. The Kier molecular flexibility index (Phi) is 5.82. The van der Waals surface area contributed by atoms with Gasteiger partial charge in [0.15, 0.2) is 0 Å². The van der Waals surface area contributed by atoms with Crippen LogP contribution in [0.15, 0.2) is 71.6 Å². The first-order valence-corrected chi connectivity index (χ1v) is 11.9. The normalized spacial score (nSPS) is 12.0. The largest absolute Gasteiger partial charge is 0.512 e. The molecule has 0 spiro atoms. The van der Waals surface area contributed by atoms with Gasteiger partial charge in [-0.3, -0.25) is 4.72 Å². The third kappa shape index (κ3) is 4.74. The van der Waals surface area contributed by atoms with Crippen molar-refractivity contribution in [2.24, 2.45) is 0 Å². The van der Waals surface area contributed by atoms with Crippen molar-refractivity contribution in [1.29, 1.82) is 0 Å². The number of carboxylic acid groups (broad SMARTS) is 1. The number of H-pyrrole nitrogens is 1. The van der Waals surface area contributed by atoms with Crippen LogP contribution < -0.4 is 9.46 Å². The summed E-state index contributed by atoms with van der Waals surface area (Å²) in [6, 6.07) is 16.9. The molecule has 34 heavy (non-hydrogen) atoms. The van der Waals surface area contributed by atoms with Crippen LogP contribution in [0.2, 0.25) is 0 Å². The maximum Gasteiger partial charge on any atom is 0.512 e. The zero-order valence-corrected chi connectivity index (χ0v) is 19.5. The highest BCUT2D eigenvalue weighted by atomic mass is 32.2. The number of benzene rings is 3. The molecule has 0 aliphatic carbocycles. The lowest BCUT2D eigenvalue weighted by molar-refractivity contribution is 0.143. The summed E-state index contributed by atoms with van der Waals surface area (Å²) in [5.74, 6) is -0.602. The Morgan fingerprint density at radius 2 is 1.74 bits per heavy atom. The molecule has 3 N–H and O–H groups in total. The van der Waals surface area contributed by atoms with Gasteiger partial charge in [0.05, 0.1) is 10.5 Å². The SMILES string of the molecule is CC(C)(C)c1ccc(S(=O)(=O)Nc2ccc3[nH]c(OC(=O)O)c(-c4cccc(F)c4)c3c2)cc1. The Labute approximate surface area is 196 Å². The maximum atomic E-state index is 13.9. The van der Waals surface area contributed by atoms with Crippen LogP contribution in [0.3, 0.4) is 0 Å². The van der Waals surface area contributed by atoms with E-state index in [9.17, 15) is 17.6 Å². The summed E-state index contributed by atoms with van der Waals surface area (Å²) in [4.78, 5) is 14.1. The van der Waals surface area contributed by atoms with Crippen molar-refractivity contribution in [3.8, 4) is 17.0 Å². The number of hydrogen-bond acceptors (Lipinski definition) is 4. The third-order valence-corrected chi connectivity index (χ3v) is 6.75. The average molecular weight is 483 g/mol. The van der Waals surface area contributed by atoms with Gasteiger partial charge < -0.3 is 14.8 Å². The molecular formula is C25H23FN2O5S. The van der Waals surface area contributed by atoms with Gasteiger partial charge in [-0.05, 0) is 59.0 Å². The summed E-state index contributed by atoms with van der Waals surface area (Å²) in [6.45, 7) is 6.12. The van der Waals surface area contributed by atoms with E-state index in [1.54, 1.807) is 48.5 Å². The van der Waals surface area contributed by atoms with Crippen molar-refractivity contribution < 1.29 is 27.4 Å². The average Bonchev–Trinajstić information content (AvgIpc) is 3.09. The van der Waals surface area contributed by atoms with E-state index in [2.05, 4.69) is 9.71 Å². The summed E-state index contributed by atoms with van der Waals surface area (Å²) >= 11 is 0. The van der Waals surface area contributed by atoms with E-state index in [-0.39, 0.29) is 21.9 Å². The lowest BCUT2D eigenvalue weighted by Crippen LogP contribution is -2.14. The molecule has 3 aromatic carbocycles. The molecule has 176 valence electrons. The Morgan fingerprint density at radius 1 is 1.03 bits per heavy atom. The van der Waals surface area contributed by atoms with Crippen molar-refractivity contribution in [2.75, 3.05) is 4.72 Å². The first kappa shape index (κ1) is 23.3. The van der Waals surface area contributed by atoms with Gasteiger partial charge in [0.1, 0.15) is 5.82 Å². The molecular weight excluding hydrogens is 459 g/mol. The van der Waals surface area contributed by atoms with Crippen LogP contribution in [0.25, 0.3) is 22.0 Å². The van der Waals surface area contributed by atoms with E-state index in [0.29, 0.717) is 22.0 Å². The number of anilines is 1. The predicted octanol–water partition coefficient (Wildman–Crippen LogP) is 6.13. The molecule has 0 saturated carbocycles. The van der Waals surface area contributed by atoms with Gasteiger partial charge in [-0.15, -0.1) is 0 Å². The molecule has 0 unspecified atom stereocenters. The molecule has 1 aromatic heterocycles. The Balaban J connectivity index is 1.76. The highest BCUT2D eigenvalue weighted by Crippen LogP contribution is 2.39. The first-order chi connectivity index (χ1) is 15.9. The summed E-state index contributed by atoms with van der Waals surface area (Å²) < 4.78 is 47.3.